The van der Waals surface area contributed by atoms with Gasteiger partial charge < -0.3 is 9.53 Å². The summed E-state index contributed by atoms with van der Waals surface area (Å²) in [5.74, 6) is 0.822. The molecule has 1 heterocycles. The topological polar surface area (TPSA) is 46.7 Å². The highest BCUT2D eigenvalue weighted by atomic mass is 32.2. The fourth-order valence-electron chi connectivity index (χ4n) is 1.82. The second-order valence-electron chi connectivity index (χ2n) is 4.80. The quantitative estimate of drug-likeness (QED) is 0.252. The van der Waals surface area contributed by atoms with Gasteiger partial charge in [0.1, 0.15) is 12.2 Å². The van der Waals surface area contributed by atoms with Gasteiger partial charge in [0.05, 0.1) is 0 Å². The Morgan fingerprint density at radius 1 is 1.21 bits per heavy atom. The number of hydrogen-bond acceptors (Lipinski definition) is 4. The Morgan fingerprint density at radius 3 is 2.68 bits per heavy atom. The van der Waals surface area contributed by atoms with E-state index in [4.69, 9.17) is 4.74 Å². The summed E-state index contributed by atoms with van der Waals surface area (Å²) >= 11 is 1.42. The number of ether oxygens (including phenoxy) is 1. The van der Waals surface area contributed by atoms with Gasteiger partial charge in [-0.25, -0.2) is 0 Å². The molecule has 0 aliphatic carbocycles. The summed E-state index contributed by atoms with van der Waals surface area (Å²) in [6, 6.07) is 0. The minimum atomic E-state index is -0.228. The van der Waals surface area contributed by atoms with Gasteiger partial charge in [0, 0.05) is 12.2 Å². The number of unbranched alkanes of at least 4 members (excludes halogenated alkanes) is 4. The van der Waals surface area contributed by atoms with Gasteiger partial charge in [0.15, 0.2) is 11.4 Å². The van der Waals surface area contributed by atoms with Crippen LogP contribution in [-0.4, -0.2) is 29.4 Å². The molecule has 0 aromatic heterocycles. The maximum absolute atomic E-state index is 11.6. The fourth-order valence-corrected chi connectivity index (χ4v) is 2.59. The van der Waals surface area contributed by atoms with Crippen molar-refractivity contribution in [2.45, 2.75) is 64.1 Å². The van der Waals surface area contributed by atoms with Crippen molar-refractivity contribution in [1.82, 2.24) is 0 Å². The van der Waals surface area contributed by atoms with Crippen LogP contribution in [0.3, 0.4) is 0 Å². The van der Waals surface area contributed by atoms with E-state index in [1.54, 1.807) is 0 Å². The van der Waals surface area contributed by atoms with Crippen LogP contribution in [0.5, 0.6) is 0 Å². The molecule has 4 heteroatoms. The summed E-state index contributed by atoms with van der Waals surface area (Å²) in [7, 11) is 0. The molecule has 0 N–H and O–H groups in total. The Balaban J connectivity index is 1.88. The van der Waals surface area contributed by atoms with Crippen LogP contribution in [0.2, 0.25) is 0 Å². The molecule has 3 nitrogen and oxygen atoms in total. The van der Waals surface area contributed by atoms with Crippen LogP contribution in [0.15, 0.2) is 12.2 Å². The summed E-state index contributed by atoms with van der Waals surface area (Å²) < 4.78 is 5.05. The second kappa shape index (κ2) is 10.2. The summed E-state index contributed by atoms with van der Waals surface area (Å²) in [6.07, 6.45) is 12.0. The SMILES string of the molecule is CCCCCCCC(=O)SCC/C=C/[C@H]1O[C@@H]1C=O. The van der Waals surface area contributed by atoms with Gasteiger partial charge in [-0.2, -0.15) is 0 Å². The van der Waals surface area contributed by atoms with Crippen molar-refractivity contribution < 1.29 is 14.3 Å². The third kappa shape index (κ3) is 8.22. The Morgan fingerprint density at radius 2 is 2.00 bits per heavy atom. The first kappa shape index (κ1) is 16.4. The molecule has 0 spiro atoms. The Kier molecular flexibility index (Phi) is 8.84. The number of thioether (sulfide) groups is 1. The lowest BCUT2D eigenvalue weighted by Crippen LogP contribution is -1.94. The summed E-state index contributed by atoms with van der Waals surface area (Å²) in [4.78, 5) is 21.9. The van der Waals surface area contributed by atoms with E-state index in [1.165, 1.54) is 37.4 Å². The van der Waals surface area contributed by atoms with Crippen LogP contribution in [-0.2, 0) is 14.3 Å². The molecule has 0 bridgehead atoms. The number of epoxide rings is 1. The number of carbonyl (C=O) groups is 2. The smallest absolute Gasteiger partial charge is 0.188 e. The lowest BCUT2D eigenvalue weighted by atomic mass is 10.1. The van der Waals surface area contributed by atoms with Crippen LogP contribution in [0.4, 0.5) is 0 Å². The average Bonchev–Trinajstić information content (AvgIpc) is 3.17. The minimum Gasteiger partial charge on any atom is -0.357 e. The van der Waals surface area contributed by atoms with Gasteiger partial charge in [-0.1, -0.05) is 56.5 Å². The van der Waals surface area contributed by atoms with E-state index in [-0.39, 0.29) is 12.2 Å². The molecule has 0 radical (unpaired) electrons. The maximum Gasteiger partial charge on any atom is 0.188 e. The molecule has 1 saturated heterocycles. The highest BCUT2D eigenvalue weighted by Gasteiger charge is 2.35. The van der Waals surface area contributed by atoms with Crippen molar-refractivity contribution in [3.63, 3.8) is 0 Å². The number of hydrogen-bond donors (Lipinski definition) is 0. The van der Waals surface area contributed by atoms with E-state index in [0.717, 1.165) is 24.9 Å². The average molecular weight is 284 g/mol. The summed E-state index contributed by atoms with van der Waals surface area (Å²) in [5.41, 5.74) is 0. The number of allylic oxidation sites excluding steroid dienone is 1. The molecule has 1 aliphatic heterocycles. The van der Waals surface area contributed by atoms with Crippen LogP contribution in [0.25, 0.3) is 0 Å². The molecule has 0 unspecified atom stereocenters. The molecule has 108 valence electrons. The van der Waals surface area contributed by atoms with Gasteiger partial charge in [-0.05, 0) is 12.8 Å². The summed E-state index contributed by atoms with van der Waals surface area (Å²) in [5, 5.41) is 0.304. The molecule has 1 aliphatic rings. The third-order valence-corrected chi connectivity index (χ3v) is 4.02. The molecular formula is C15H24O3S. The highest BCUT2D eigenvalue weighted by molar-refractivity contribution is 8.13. The molecule has 0 saturated carbocycles. The Hall–Kier alpha value is -0.610. The first-order valence-electron chi connectivity index (χ1n) is 7.21. The van der Waals surface area contributed by atoms with E-state index >= 15 is 0 Å². The molecule has 1 rings (SSSR count). The molecule has 0 amide bonds. The van der Waals surface area contributed by atoms with Gasteiger partial charge in [-0.15, -0.1) is 0 Å². The summed E-state index contributed by atoms with van der Waals surface area (Å²) in [6.45, 7) is 2.19. The molecule has 1 fully saturated rings. The zero-order valence-corrected chi connectivity index (χ0v) is 12.5. The fraction of sp³-hybridized carbons (Fsp3) is 0.733. The van der Waals surface area contributed by atoms with Crippen molar-refractivity contribution in [3.05, 3.63) is 12.2 Å². The number of rotatable bonds is 11. The number of carbonyl (C=O) groups excluding carboxylic acids is 2. The van der Waals surface area contributed by atoms with E-state index in [1.807, 2.05) is 12.2 Å². The van der Waals surface area contributed by atoms with E-state index < -0.39 is 0 Å². The minimum absolute atomic E-state index is 0.0169. The molecule has 0 aromatic carbocycles. The van der Waals surface area contributed by atoms with Gasteiger partial charge >= 0.3 is 0 Å². The largest absolute Gasteiger partial charge is 0.357 e. The monoisotopic (exact) mass is 284 g/mol. The highest BCUT2D eigenvalue weighted by Crippen LogP contribution is 2.21. The predicted octanol–water partition coefficient (Wildman–Crippen LogP) is 3.52. The maximum atomic E-state index is 11.6. The van der Waals surface area contributed by atoms with E-state index in [9.17, 15) is 9.59 Å². The number of aldehydes is 1. The van der Waals surface area contributed by atoms with E-state index in [2.05, 4.69) is 6.92 Å². The van der Waals surface area contributed by atoms with Crippen molar-refractivity contribution in [2.24, 2.45) is 0 Å². The molecular weight excluding hydrogens is 260 g/mol. The predicted molar refractivity (Wildman–Crippen MR) is 79.3 cm³/mol. The molecule has 2 atom stereocenters. The lowest BCUT2D eigenvalue weighted by Gasteiger charge is -1.99. The first-order chi connectivity index (χ1) is 9.27. The van der Waals surface area contributed by atoms with E-state index in [0.29, 0.717) is 11.5 Å². The standard InChI is InChI=1S/C15H24O3S/c1-2-3-4-5-6-10-15(17)19-11-8-7-9-13-14(12-16)18-13/h7,9,12-14H,2-6,8,10-11H2,1H3/b9-7+/t13-,14-/m1/s1. The Bertz CT molecular complexity index is 302. The zero-order chi connectivity index (χ0) is 13.9. The zero-order valence-electron chi connectivity index (χ0n) is 11.7. The molecule has 19 heavy (non-hydrogen) atoms. The van der Waals surface area contributed by atoms with Crippen molar-refractivity contribution >= 4 is 23.2 Å². The van der Waals surface area contributed by atoms with Gasteiger partial charge in [0.2, 0.25) is 0 Å². The van der Waals surface area contributed by atoms with Crippen LogP contribution in [0, 0.1) is 0 Å². The van der Waals surface area contributed by atoms with Crippen LogP contribution >= 0.6 is 11.8 Å². The van der Waals surface area contributed by atoms with Crippen molar-refractivity contribution in [1.29, 1.82) is 0 Å². The van der Waals surface area contributed by atoms with Gasteiger partial charge in [-0.3, -0.25) is 4.79 Å². The lowest BCUT2D eigenvalue weighted by molar-refractivity contribution is -0.111. The van der Waals surface area contributed by atoms with Crippen LogP contribution in [0.1, 0.15) is 51.9 Å². The van der Waals surface area contributed by atoms with Crippen LogP contribution < -0.4 is 0 Å². The van der Waals surface area contributed by atoms with Crippen molar-refractivity contribution in [2.75, 3.05) is 5.75 Å². The van der Waals surface area contributed by atoms with Gasteiger partial charge in [0.25, 0.3) is 0 Å². The first-order valence-corrected chi connectivity index (χ1v) is 8.19. The third-order valence-electron chi connectivity index (χ3n) is 3.05. The second-order valence-corrected chi connectivity index (χ2v) is 5.96. The van der Waals surface area contributed by atoms with Crippen molar-refractivity contribution in [3.8, 4) is 0 Å². The molecule has 0 aromatic rings. The Labute approximate surface area is 120 Å². The normalized spacial score (nSPS) is 21.7.